The highest BCUT2D eigenvalue weighted by Gasteiger charge is 2.28. The van der Waals surface area contributed by atoms with Crippen LogP contribution in [0.3, 0.4) is 0 Å². The van der Waals surface area contributed by atoms with Gasteiger partial charge in [0.05, 0.1) is 12.9 Å². The summed E-state index contributed by atoms with van der Waals surface area (Å²) in [5.74, 6) is 0. The summed E-state index contributed by atoms with van der Waals surface area (Å²) in [4.78, 5) is 15.8. The monoisotopic (exact) mass is 336 g/mol. The van der Waals surface area contributed by atoms with E-state index in [4.69, 9.17) is 8.92 Å². The smallest absolute Gasteiger partial charge is 0.410 e. The molecule has 8 heteroatoms. The first-order valence-electron chi connectivity index (χ1n) is 7.50. The number of hydrogen-bond donors (Lipinski definition) is 0. The number of likely N-dealkylation sites (tertiary alicyclic amines) is 1. The Morgan fingerprint density at radius 2 is 1.82 bits per heavy atom. The zero-order valence-electron chi connectivity index (χ0n) is 14.2. The van der Waals surface area contributed by atoms with Crippen molar-refractivity contribution >= 4 is 16.2 Å². The van der Waals surface area contributed by atoms with Gasteiger partial charge in [0.25, 0.3) is 10.1 Å². The molecule has 0 aliphatic carbocycles. The van der Waals surface area contributed by atoms with Crippen molar-refractivity contribution in [2.45, 2.75) is 45.3 Å². The molecule has 0 aromatic carbocycles. The van der Waals surface area contributed by atoms with Crippen molar-refractivity contribution in [3.63, 3.8) is 0 Å². The molecule has 1 heterocycles. The largest absolute Gasteiger partial charge is 0.444 e. The van der Waals surface area contributed by atoms with Crippen LogP contribution in [0.5, 0.6) is 0 Å². The molecule has 1 rings (SSSR count). The fraction of sp³-hybridized carbons (Fsp3) is 0.929. The Balaban J connectivity index is 2.34. The minimum Gasteiger partial charge on any atom is -0.444 e. The van der Waals surface area contributed by atoms with Crippen LogP contribution in [0.2, 0.25) is 0 Å². The molecule has 0 atom stereocenters. The van der Waals surface area contributed by atoms with Crippen LogP contribution in [0.1, 0.15) is 33.6 Å². The van der Waals surface area contributed by atoms with Crippen LogP contribution < -0.4 is 0 Å². The van der Waals surface area contributed by atoms with Gasteiger partial charge in [-0.2, -0.15) is 8.42 Å². The van der Waals surface area contributed by atoms with Gasteiger partial charge in [-0.15, -0.1) is 0 Å². The van der Waals surface area contributed by atoms with E-state index >= 15 is 0 Å². The van der Waals surface area contributed by atoms with Gasteiger partial charge in [0.15, 0.2) is 0 Å². The maximum absolute atomic E-state index is 12.0. The van der Waals surface area contributed by atoms with Crippen molar-refractivity contribution in [3.8, 4) is 0 Å². The van der Waals surface area contributed by atoms with Crippen LogP contribution in [0.4, 0.5) is 4.79 Å². The predicted octanol–water partition coefficient (Wildman–Crippen LogP) is 1.29. The Kier molecular flexibility index (Phi) is 6.64. The molecule has 0 bridgehead atoms. The normalized spacial score (nSPS) is 17.8. The van der Waals surface area contributed by atoms with E-state index in [0.717, 1.165) is 19.1 Å². The number of ether oxygens (including phenoxy) is 1. The quantitative estimate of drug-likeness (QED) is 0.704. The first kappa shape index (κ1) is 19.2. The van der Waals surface area contributed by atoms with Crippen LogP contribution in [-0.2, 0) is 19.0 Å². The van der Waals surface area contributed by atoms with Gasteiger partial charge >= 0.3 is 6.09 Å². The van der Waals surface area contributed by atoms with E-state index in [0.29, 0.717) is 25.7 Å². The molecule has 1 saturated heterocycles. The third-order valence-corrected chi connectivity index (χ3v) is 4.08. The van der Waals surface area contributed by atoms with Crippen molar-refractivity contribution in [3.05, 3.63) is 0 Å². The zero-order valence-corrected chi connectivity index (χ0v) is 15.0. The topological polar surface area (TPSA) is 76.2 Å². The Labute approximate surface area is 133 Å². The molecule has 1 amide bonds. The van der Waals surface area contributed by atoms with Gasteiger partial charge in [0.1, 0.15) is 5.60 Å². The van der Waals surface area contributed by atoms with Gasteiger partial charge in [0, 0.05) is 25.7 Å². The van der Waals surface area contributed by atoms with Gasteiger partial charge in [-0.25, -0.2) is 4.79 Å². The van der Waals surface area contributed by atoms with Crippen LogP contribution >= 0.6 is 0 Å². The second-order valence-corrected chi connectivity index (χ2v) is 8.35. The third kappa shape index (κ3) is 7.42. The first-order chi connectivity index (χ1) is 9.98. The average Bonchev–Trinajstić information content (AvgIpc) is 2.35. The highest BCUT2D eigenvalue weighted by Crippen LogP contribution is 2.18. The van der Waals surface area contributed by atoms with Gasteiger partial charge in [-0.3, -0.25) is 4.18 Å². The Bertz CT molecular complexity index is 464. The lowest BCUT2D eigenvalue weighted by molar-refractivity contribution is 0.0151. The Morgan fingerprint density at radius 1 is 1.27 bits per heavy atom. The van der Waals surface area contributed by atoms with Crippen LogP contribution in [0.25, 0.3) is 0 Å². The summed E-state index contributed by atoms with van der Waals surface area (Å²) in [5.41, 5.74) is -0.478. The summed E-state index contributed by atoms with van der Waals surface area (Å²) in [5, 5.41) is 0. The van der Waals surface area contributed by atoms with E-state index in [9.17, 15) is 13.2 Å². The van der Waals surface area contributed by atoms with E-state index in [1.54, 1.807) is 4.90 Å². The number of likely N-dealkylation sites (N-methyl/N-ethyl adjacent to an activating group) is 1. The number of carbonyl (C=O) groups is 1. The number of rotatable bonds is 5. The van der Waals surface area contributed by atoms with E-state index in [-0.39, 0.29) is 12.7 Å². The number of piperidine rings is 1. The third-order valence-electron chi connectivity index (χ3n) is 3.48. The molecule has 22 heavy (non-hydrogen) atoms. The lowest BCUT2D eigenvalue weighted by Gasteiger charge is -2.37. The molecule has 0 spiro atoms. The molecule has 0 saturated carbocycles. The van der Waals surface area contributed by atoms with Crippen molar-refractivity contribution in [2.75, 3.05) is 39.5 Å². The molecule has 1 fully saturated rings. The number of carbonyl (C=O) groups excluding carboxylic acids is 1. The minimum absolute atomic E-state index is 0.154. The summed E-state index contributed by atoms with van der Waals surface area (Å²) in [7, 11) is -1.44. The second kappa shape index (κ2) is 7.61. The lowest BCUT2D eigenvalue weighted by atomic mass is 10.0. The minimum atomic E-state index is -3.38. The Hall–Kier alpha value is -0.860. The summed E-state index contributed by atoms with van der Waals surface area (Å²) in [6, 6.07) is 0.321. The summed E-state index contributed by atoms with van der Waals surface area (Å²) < 4.78 is 32.0. The molecular weight excluding hydrogens is 308 g/mol. The lowest BCUT2D eigenvalue weighted by Crippen LogP contribution is -2.47. The van der Waals surface area contributed by atoms with Gasteiger partial charge in [0.2, 0.25) is 0 Å². The number of amides is 1. The summed E-state index contributed by atoms with van der Waals surface area (Å²) in [6.45, 7) is 7.56. The van der Waals surface area contributed by atoms with Crippen molar-refractivity contribution < 1.29 is 22.1 Å². The van der Waals surface area contributed by atoms with Crippen molar-refractivity contribution in [1.29, 1.82) is 0 Å². The molecule has 0 unspecified atom stereocenters. The number of nitrogens with zero attached hydrogens (tertiary/aromatic N) is 2. The van der Waals surface area contributed by atoms with E-state index in [2.05, 4.69) is 4.90 Å². The van der Waals surface area contributed by atoms with Crippen LogP contribution in [-0.4, -0.2) is 75.5 Å². The standard InChI is InChI=1S/C14H28N2O5S/c1-14(2,3)21-13(17)16-8-6-12(7-9-16)15(4)10-11-20-22(5,18)19/h12H,6-11H2,1-5H3. The fourth-order valence-corrected chi connectivity index (χ4v) is 2.71. The molecule has 0 aromatic heterocycles. The molecule has 0 aromatic rings. The van der Waals surface area contributed by atoms with E-state index in [1.165, 1.54) is 0 Å². The Morgan fingerprint density at radius 3 is 2.27 bits per heavy atom. The van der Waals surface area contributed by atoms with Gasteiger partial charge in [-0.05, 0) is 40.7 Å². The fourth-order valence-electron chi connectivity index (χ4n) is 2.33. The van der Waals surface area contributed by atoms with E-state index in [1.807, 2.05) is 27.8 Å². The van der Waals surface area contributed by atoms with E-state index < -0.39 is 15.7 Å². The zero-order chi connectivity index (χ0) is 17.0. The molecule has 7 nitrogen and oxygen atoms in total. The summed E-state index contributed by atoms with van der Waals surface area (Å²) in [6.07, 6.45) is 2.46. The highest BCUT2D eigenvalue weighted by atomic mass is 32.2. The molecule has 0 N–H and O–H groups in total. The molecule has 0 radical (unpaired) electrons. The maximum Gasteiger partial charge on any atom is 0.410 e. The molecular formula is C14H28N2O5S. The highest BCUT2D eigenvalue weighted by molar-refractivity contribution is 7.85. The summed E-state index contributed by atoms with van der Waals surface area (Å²) >= 11 is 0. The first-order valence-corrected chi connectivity index (χ1v) is 9.32. The molecule has 130 valence electrons. The van der Waals surface area contributed by atoms with Crippen LogP contribution in [0, 0.1) is 0 Å². The second-order valence-electron chi connectivity index (χ2n) is 6.71. The van der Waals surface area contributed by atoms with Gasteiger partial charge < -0.3 is 14.5 Å². The predicted molar refractivity (Wildman–Crippen MR) is 84.3 cm³/mol. The van der Waals surface area contributed by atoms with Crippen molar-refractivity contribution in [1.82, 2.24) is 9.80 Å². The number of hydrogen-bond acceptors (Lipinski definition) is 6. The van der Waals surface area contributed by atoms with Crippen LogP contribution in [0.15, 0.2) is 0 Å². The maximum atomic E-state index is 12.0. The molecule has 1 aliphatic rings. The SMILES string of the molecule is CN(CCOS(C)(=O)=O)C1CCN(C(=O)OC(C)(C)C)CC1. The molecule has 1 aliphatic heterocycles. The van der Waals surface area contributed by atoms with Crippen molar-refractivity contribution in [2.24, 2.45) is 0 Å². The average molecular weight is 336 g/mol. The van der Waals surface area contributed by atoms with Gasteiger partial charge in [-0.1, -0.05) is 0 Å².